The Labute approximate surface area is 371 Å². The van der Waals surface area contributed by atoms with Crippen LogP contribution in [0.5, 0.6) is 0 Å². The monoisotopic (exact) mass is 810 g/mol. The van der Waals surface area contributed by atoms with Crippen LogP contribution >= 0.6 is 0 Å². The van der Waals surface area contributed by atoms with E-state index in [-0.39, 0.29) is 16.2 Å². The molecule has 2 nitrogen and oxygen atoms in total. The molecule has 9 aromatic rings. The predicted octanol–water partition coefficient (Wildman–Crippen LogP) is 16.7. The smallest absolute Gasteiger partial charge is 0.0564 e. The number of nitrogens with zero attached hydrogens (tertiary/aromatic N) is 2. The summed E-state index contributed by atoms with van der Waals surface area (Å²) >= 11 is 0. The van der Waals surface area contributed by atoms with E-state index in [1.165, 1.54) is 83.2 Å². The molecule has 0 bridgehead atoms. The Bertz CT molecular complexity index is 3320. The minimum atomic E-state index is -0.301. The van der Waals surface area contributed by atoms with Crippen molar-refractivity contribution in [3.63, 3.8) is 0 Å². The van der Waals surface area contributed by atoms with Crippen LogP contribution in [-0.2, 0) is 16.2 Å². The Morgan fingerprint density at radius 3 is 1.37 bits per heavy atom. The SMILES string of the molecule is CC1(C)c2ccccc2-c2ccc(N(c3ccccc3)c3cc(N(c4ccccc4)c4ccc5c(c4)C(C)(C)c4ccccc4-5)c4c(c3)C(C)(C)c3c-4ccc4ccccc34)cc21. The van der Waals surface area contributed by atoms with Gasteiger partial charge in [0.1, 0.15) is 0 Å². The van der Waals surface area contributed by atoms with Crippen LogP contribution in [0.2, 0.25) is 0 Å². The van der Waals surface area contributed by atoms with Gasteiger partial charge in [0.05, 0.1) is 5.69 Å². The maximum Gasteiger partial charge on any atom is 0.0564 e. The van der Waals surface area contributed by atoms with Gasteiger partial charge in [0.15, 0.2) is 0 Å². The Kier molecular flexibility index (Phi) is 8.01. The average Bonchev–Trinajstić information content (AvgIpc) is 3.79. The Balaban J connectivity index is 1.15. The highest BCUT2D eigenvalue weighted by Crippen LogP contribution is 2.59. The molecule has 3 aliphatic rings. The molecular formula is C61H50N2. The third kappa shape index (κ3) is 5.37. The van der Waals surface area contributed by atoms with Gasteiger partial charge in [0.2, 0.25) is 0 Å². The van der Waals surface area contributed by atoms with Gasteiger partial charge in [-0.2, -0.15) is 0 Å². The van der Waals surface area contributed by atoms with Crippen molar-refractivity contribution in [1.29, 1.82) is 0 Å². The van der Waals surface area contributed by atoms with Crippen LogP contribution < -0.4 is 9.80 Å². The van der Waals surface area contributed by atoms with Crippen LogP contribution in [0, 0.1) is 0 Å². The fraction of sp³-hybridized carbons (Fsp3) is 0.148. The van der Waals surface area contributed by atoms with Crippen LogP contribution in [0.25, 0.3) is 44.2 Å². The molecule has 0 amide bonds. The van der Waals surface area contributed by atoms with Gasteiger partial charge >= 0.3 is 0 Å². The first-order chi connectivity index (χ1) is 30.5. The molecule has 63 heavy (non-hydrogen) atoms. The first kappa shape index (κ1) is 37.6. The molecule has 0 unspecified atom stereocenters. The topological polar surface area (TPSA) is 6.48 Å². The quantitative estimate of drug-likeness (QED) is 0.165. The minimum Gasteiger partial charge on any atom is -0.310 e. The van der Waals surface area contributed by atoms with Crippen LogP contribution in [-0.4, -0.2) is 0 Å². The largest absolute Gasteiger partial charge is 0.310 e. The van der Waals surface area contributed by atoms with Crippen molar-refractivity contribution < 1.29 is 0 Å². The highest BCUT2D eigenvalue weighted by molar-refractivity contribution is 6.04. The Morgan fingerprint density at radius 1 is 0.302 bits per heavy atom. The first-order valence-corrected chi connectivity index (χ1v) is 22.4. The van der Waals surface area contributed by atoms with Crippen molar-refractivity contribution in [2.24, 2.45) is 0 Å². The lowest BCUT2D eigenvalue weighted by molar-refractivity contribution is 0.660. The average molecular weight is 811 g/mol. The number of benzene rings is 9. The van der Waals surface area contributed by atoms with E-state index in [2.05, 4.69) is 245 Å². The second-order valence-electron chi connectivity index (χ2n) is 19.4. The maximum absolute atomic E-state index is 2.54. The van der Waals surface area contributed by atoms with E-state index in [4.69, 9.17) is 0 Å². The zero-order chi connectivity index (χ0) is 42.8. The van der Waals surface area contributed by atoms with Gasteiger partial charge in [-0.3, -0.25) is 0 Å². The summed E-state index contributed by atoms with van der Waals surface area (Å²) in [5.41, 5.74) is 22.3. The molecule has 0 fully saturated rings. The van der Waals surface area contributed by atoms with Crippen LogP contribution in [0.3, 0.4) is 0 Å². The van der Waals surface area contributed by atoms with Crippen molar-refractivity contribution >= 4 is 44.9 Å². The zero-order valence-corrected chi connectivity index (χ0v) is 36.9. The second kappa shape index (κ2) is 13.4. The molecule has 0 saturated heterocycles. The number of hydrogen-bond donors (Lipinski definition) is 0. The van der Waals surface area contributed by atoms with Crippen molar-refractivity contribution in [3.05, 3.63) is 228 Å². The van der Waals surface area contributed by atoms with Crippen LogP contribution in [0.1, 0.15) is 74.9 Å². The molecule has 0 aromatic heterocycles. The number of anilines is 6. The standard InChI is InChI=1S/C61H50N2/c1-59(2)51-27-17-15-25-46(51)48-33-30-42(35-53(48)59)62(40-20-9-7-10-21-40)44-37-55-57(50-32-29-39-19-13-14-24-45(39)58(50)61(55,5)6)56(38-44)63(41-22-11-8-12-23-41)43-31-34-49-47-26-16-18-28-52(47)60(3,4)54(49)36-43/h7-38H,1-6H3. The molecule has 0 aliphatic heterocycles. The maximum atomic E-state index is 2.54. The summed E-state index contributed by atoms with van der Waals surface area (Å²) in [5.74, 6) is 0. The predicted molar refractivity (Wildman–Crippen MR) is 266 cm³/mol. The molecule has 0 radical (unpaired) electrons. The summed E-state index contributed by atoms with van der Waals surface area (Å²) in [5, 5.41) is 2.58. The number of para-hydroxylation sites is 2. The molecule has 0 atom stereocenters. The van der Waals surface area contributed by atoms with Gasteiger partial charge in [0, 0.05) is 50.2 Å². The third-order valence-electron chi connectivity index (χ3n) is 14.8. The molecule has 2 heteroatoms. The molecular weight excluding hydrogens is 761 g/mol. The lowest BCUT2D eigenvalue weighted by Crippen LogP contribution is -2.20. The second-order valence-corrected chi connectivity index (χ2v) is 19.4. The molecule has 0 saturated carbocycles. The summed E-state index contributed by atoms with van der Waals surface area (Å²) < 4.78 is 0. The lowest BCUT2D eigenvalue weighted by Gasteiger charge is -2.33. The lowest BCUT2D eigenvalue weighted by atomic mass is 9.80. The van der Waals surface area contributed by atoms with Gasteiger partial charge in [0.25, 0.3) is 0 Å². The van der Waals surface area contributed by atoms with E-state index in [0.29, 0.717) is 0 Å². The summed E-state index contributed by atoms with van der Waals surface area (Å²) in [6.45, 7) is 14.4. The van der Waals surface area contributed by atoms with Crippen molar-refractivity contribution in [1.82, 2.24) is 0 Å². The number of rotatable bonds is 6. The zero-order valence-electron chi connectivity index (χ0n) is 36.9. The summed E-state index contributed by atoms with van der Waals surface area (Å²) in [6, 6.07) is 72.8. The third-order valence-corrected chi connectivity index (χ3v) is 14.8. The summed E-state index contributed by atoms with van der Waals surface area (Å²) in [4.78, 5) is 5.03. The molecule has 0 heterocycles. The van der Waals surface area contributed by atoms with E-state index in [1.54, 1.807) is 0 Å². The van der Waals surface area contributed by atoms with Crippen LogP contribution in [0.4, 0.5) is 34.1 Å². The molecule has 0 spiro atoms. The number of fused-ring (bicyclic) bond motifs is 11. The van der Waals surface area contributed by atoms with E-state index >= 15 is 0 Å². The van der Waals surface area contributed by atoms with Gasteiger partial charge in [-0.05, 0) is 133 Å². The minimum absolute atomic E-state index is 0.136. The normalized spacial score (nSPS) is 15.2. The molecule has 9 aromatic carbocycles. The van der Waals surface area contributed by atoms with E-state index in [1.807, 2.05) is 0 Å². The fourth-order valence-electron chi connectivity index (χ4n) is 11.7. The molecule has 12 rings (SSSR count). The van der Waals surface area contributed by atoms with Crippen molar-refractivity contribution in [2.75, 3.05) is 9.80 Å². The van der Waals surface area contributed by atoms with E-state index in [9.17, 15) is 0 Å². The molecule has 0 N–H and O–H groups in total. The fourth-order valence-corrected chi connectivity index (χ4v) is 11.7. The summed E-state index contributed by atoms with van der Waals surface area (Å²) in [6.07, 6.45) is 0. The molecule has 3 aliphatic carbocycles. The Morgan fingerprint density at radius 2 is 0.762 bits per heavy atom. The highest BCUT2D eigenvalue weighted by atomic mass is 15.2. The number of hydrogen-bond acceptors (Lipinski definition) is 2. The van der Waals surface area contributed by atoms with Gasteiger partial charge in [-0.15, -0.1) is 0 Å². The van der Waals surface area contributed by atoms with Gasteiger partial charge in [-0.25, -0.2) is 0 Å². The Hall–Kier alpha value is -7.16. The van der Waals surface area contributed by atoms with Gasteiger partial charge < -0.3 is 9.80 Å². The summed E-state index contributed by atoms with van der Waals surface area (Å²) in [7, 11) is 0. The van der Waals surface area contributed by atoms with E-state index in [0.717, 1.165) is 28.4 Å². The van der Waals surface area contributed by atoms with Crippen molar-refractivity contribution in [3.8, 4) is 33.4 Å². The van der Waals surface area contributed by atoms with Crippen molar-refractivity contribution in [2.45, 2.75) is 57.8 Å². The van der Waals surface area contributed by atoms with Crippen LogP contribution in [0.15, 0.2) is 194 Å². The molecule has 304 valence electrons. The highest BCUT2D eigenvalue weighted by Gasteiger charge is 2.42. The first-order valence-electron chi connectivity index (χ1n) is 22.4. The van der Waals surface area contributed by atoms with Gasteiger partial charge in [-0.1, -0.05) is 175 Å². The van der Waals surface area contributed by atoms with E-state index < -0.39 is 0 Å².